The monoisotopic (exact) mass is 347 g/mol. The molecule has 24 heavy (non-hydrogen) atoms. The van der Waals surface area contributed by atoms with Gasteiger partial charge in [0.25, 0.3) is 5.91 Å². The van der Waals surface area contributed by atoms with Gasteiger partial charge in [-0.2, -0.15) is 0 Å². The van der Waals surface area contributed by atoms with Crippen molar-refractivity contribution in [2.45, 2.75) is 37.8 Å². The first-order chi connectivity index (χ1) is 11.6. The topological polar surface area (TPSA) is 69.7 Å². The van der Waals surface area contributed by atoms with Crippen LogP contribution in [0, 0.1) is 0 Å². The first-order valence-electron chi connectivity index (χ1n) is 8.11. The lowest BCUT2D eigenvalue weighted by molar-refractivity contribution is -0.139. The second-order valence-electron chi connectivity index (χ2n) is 6.25. The lowest BCUT2D eigenvalue weighted by atomic mass is 9.98. The number of imide groups is 1. The van der Waals surface area contributed by atoms with Crippen LogP contribution in [0.4, 0.5) is 4.79 Å². The van der Waals surface area contributed by atoms with E-state index >= 15 is 0 Å². The summed E-state index contributed by atoms with van der Waals surface area (Å²) in [5, 5.41) is 4.75. The van der Waals surface area contributed by atoms with E-state index < -0.39 is 11.6 Å². The summed E-state index contributed by atoms with van der Waals surface area (Å²) in [4.78, 5) is 41.2. The zero-order chi connectivity index (χ0) is 17.2. The summed E-state index contributed by atoms with van der Waals surface area (Å²) in [7, 11) is 0. The Bertz CT molecular complexity index is 650. The van der Waals surface area contributed by atoms with Gasteiger partial charge < -0.3 is 10.2 Å². The maximum atomic E-state index is 12.6. The third kappa shape index (κ3) is 3.08. The Morgan fingerprint density at radius 2 is 2.17 bits per heavy atom. The molecule has 0 aromatic carbocycles. The molecule has 2 aliphatic rings. The van der Waals surface area contributed by atoms with E-state index in [1.807, 2.05) is 17.5 Å². The predicted molar refractivity (Wildman–Crippen MR) is 91.4 cm³/mol. The summed E-state index contributed by atoms with van der Waals surface area (Å²) >= 11 is 1.57. The van der Waals surface area contributed by atoms with E-state index in [4.69, 9.17) is 0 Å². The molecule has 1 aromatic rings. The smallest absolute Gasteiger partial charge is 0.325 e. The van der Waals surface area contributed by atoms with Crippen LogP contribution in [0.1, 0.15) is 30.6 Å². The fourth-order valence-electron chi connectivity index (χ4n) is 3.37. The molecule has 1 saturated carbocycles. The van der Waals surface area contributed by atoms with E-state index in [1.54, 1.807) is 22.3 Å². The van der Waals surface area contributed by atoms with Crippen molar-refractivity contribution in [1.29, 1.82) is 0 Å². The Hall–Kier alpha value is -2.15. The van der Waals surface area contributed by atoms with Gasteiger partial charge in [-0.05, 0) is 24.3 Å². The fraction of sp³-hybridized carbons (Fsp3) is 0.471. The van der Waals surface area contributed by atoms with Crippen LogP contribution in [0.2, 0.25) is 0 Å². The maximum Gasteiger partial charge on any atom is 0.325 e. The van der Waals surface area contributed by atoms with Crippen LogP contribution < -0.4 is 5.32 Å². The number of hydrogen-bond acceptors (Lipinski definition) is 4. The number of amides is 4. The number of nitrogens with zero attached hydrogens (tertiary/aromatic N) is 2. The summed E-state index contributed by atoms with van der Waals surface area (Å²) < 4.78 is 0. The standard InChI is InChI=1S/C17H21N3O3S/c1-2-9-19(11-13-6-5-10-24-13)14(21)12-20-15(22)17(18-16(20)23)7-3-4-8-17/h2,5-6,10H,1,3-4,7-9,11-12H2,(H,18,23). The lowest BCUT2D eigenvalue weighted by Crippen LogP contribution is -2.46. The molecule has 7 heteroatoms. The predicted octanol–water partition coefficient (Wildman–Crippen LogP) is 2.13. The number of thiophene rings is 1. The highest BCUT2D eigenvalue weighted by molar-refractivity contribution is 7.09. The summed E-state index contributed by atoms with van der Waals surface area (Å²) in [5.41, 5.74) is -0.769. The average molecular weight is 347 g/mol. The largest absolute Gasteiger partial charge is 0.332 e. The van der Waals surface area contributed by atoms with E-state index in [9.17, 15) is 14.4 Å². The second kappa shape index (κ2) is 6.76. The molecule has 1 spiro atoms. The van der Waals surface area contributed by atoms with Crippen molar-refractivity contribution < 1.29 is 14.4 Å². The molecule has 0 bridgehead atoms. The van der Waals surface area contributed by atoms with Gasteiger partial charge in [0.1, 0.15) is 12.1 Å². The third-order valence-corrected chi connectivity index (χ3v) is 5.49. The molecule has 4 amide bonds. The molecular formula is C17H21N3O3S. The average Bonchev–Trinajstić information content (AvgIpc) is 3.27. The van der Waals surface area contributed by atoms with Gasteiger partial charge in [0.2, 0.25) is 5.91 Å². The van der Waals surface area contributed by atoms with Gasteiger partial charge in [-0.1, -0.05) is 25.0 Å². The Balaban J connectivity index is 1.69. The van der Waals surface area contributed by atoms with Crippen molar-refractivity contribution in [2.75, 3.05) is 13.1 Å². The van der Waals surface area contributed by atoms with Crippen molar-refractivity contribution in [1.82, 2.24) is 15.1 Å². The number of carbonyl (C=O) groups is 3. The molecule has 2 heterocycles. The molecule has 2 fully saturated rings. The molecule has 1 aliphatic heterocycles. The fourth-order valence-corrected chi connectivity index (χ4v) is 4.09. The molecule has 3 rings (SSSR count). The number of hydrogen-bond donors (Lipinski definition) is 1. The highest BCUT2D eigenvalue weighted by Gasteiger charge is 2.52. The molecular weight excluding hydrogens is 326 g/mol. The maximum absolute atomic E-state index is 12.6. The van der Waals surface area contributed by atoms with Gasteiger partial charge >= 0.3 is 6.03 Å². The van der Waals surface area contributed by atoms with Crippen LogP contribution in [0.15, 0.2) is 30.2 Å². The van der Waals surface area contributed by atoms with Gasteiger partial charge in [0.15, 0.2) is 0 Å². The minimum Gasteiger partial charge on any atom is -0.332 e. The van der Waals surface area contributed by atoms with Gasteiger partial charge in [0.05, 0.1) is 6.54 Å². The highest BCUT2D eigenvalue weighted by atomic mass is 32.1. The Kier molecular flexibility index (Phi) is 4.71. The van der Waals surface area contributed by atoms with E-state index in [0.29, 0.717) is 25.9 Å². The van der Waals surface area contributed by atoms with Gasteiger partial charge in [-0.3, -0.25) is 14.5 Å². The first-order valence-corrected chi connectivity index (χ1v) is 8.99. The molecule has 1 aromatic heterocycles. The SMILES string of the molecule is C=CCN(Cc1cccs1)C(=O)CN1C(=O)NC2(CCCC2)C1=O. The van der Waals surface area contributed by atoms with Gasteiger partial charge in [-0.25, -0.2) is 4.79 Å². The van der Waals surface area contributed by atoms with Crippen LogP contribution in [-0.2, 0) is 16.1 Å². The van der Waals surface area contributed by atoms with Crippen molar-refractivity contribution in [3.63, 3.8) is 0 Å². The molecule has 1 N–H and O–H groups in total. The molecule has 1 aliphatic carbocycles. The molecule has 6 nitrogen and oxygen atoms in total. The normalized spacial score (nSPS) is 18.9. The van der Waals surface area contributed by atoms with Gasteiger partial charge in [-0.15, -0.1) is 17.9 Å². The molecule has 0 unspecified atom stereocenters. The van der Waals surface area contributed by atoms with Gasteiger partial charge in [0, 0.05) is 11.4 Å². The minimum atomic E-state index is -0.769. The van der Waals surface area contributed by atoms with E-state index in [-0.39, 0.29) is 18.4 Å². The van der Waals surface area contributed by atoms with Crippen molar-refractivity contribution in [3.05, 3.63) is 35.0 Å². The number of carbonyl (C=O) groups excluding carboxylic acids is 3. The van der Waals surface area contributed by atoms with E-state index in [0.717, 1.165) is 22.6 Å². The Morgan fingerprint density at radius 3 is 2.79 bits per heavy atom. The molecule has 0 radical (unpaired) electrons. The quantitative estimate of drug-likeness (QED) is 0.633. The second-order valence-corrected chi connectivity index (χ2v) is 7.29. The van der Waals surface area contributed by atoms with E-state index in [1.165, 1.54) is 0 Å². The number of nitrogens with one attached hydrogen (secondary N) is 1. The summed E-state index contributed by atoms with van der Waals surface area (Å²) in [6.07, 6.45) is 4.82. The summed E-state index contributed by atoms with van der Waals surface area (Å²) in [6.45, 7) is 4.30. The van der Waals surface area contributed by atoms with Crippen LogP contribution >= 0.6 is 11.3 Å². The zero-order valence-electron chi connectivity index (χ0n) is 13.5. The zero-order valence-corrected chi connectivity index (χ0v) is 14.3. The van der Waals surface area contributed by atoms with Crippen LogP contribution in [-0.4, -0.2) is 46.3 Å². The number of rotatable bonds is 6. The van der Waals surface area contributed by atoms with Crippen molar-refractivity contribution >= 4 is 29.2 Å². The number of urea groups is 1. The Morgan fingerprint density at radius 1 is 1.42 bits per heavy atom. The van der Waals surface area contributed by atoms with E-state index in [2.05, 4.69) is 11.9 Å². The summed E-state index contributed by atoms with van der Waals surface area (Å²) in [5.74, 6) is -0.505. The minimum absolute atomic E-state index is 0.217. The summed E-state index contributed by atoms with van der Waals surface area (Å²) in [6, 6.07) is 3.43. The molecule has 1 saturated heterocycles. The van der Waals surface area contributed by atoms with Crippen LogP contribution in [0.25, 0.3) is 0 Å². The molecule has 0 atom stereocenters. The van der Waals surface area contributed by atoms with Crippen LogP contribution in [0.3, 0.4) is 0 Å². The Labute approximate surface area is 145 Å². The van der Waals surface area contributed by atoms with Crippen molar-refractivity contribution in [3.8, 4) is 0 Å². The third-order valence-electron chi connectivity index (χ3n) is 4.63. The lowest BCUT2D eigenvalue weighted by Gasteiger charge is -2.24. The highest BCUT2D eigenvalue weighted by Crippen LogP contribution is 2.35. The van der Waals surface area contributed by atoms with Crippen molar-refractivity contribution in [2.24, 2.45) is 0 Å². The molecule has 128 valence electrons. The first kappa shape index (κ1) is 16.7. The van der Waals surface area contributed by atoms with Crippen LogP contribution in [0.5, 0.6) is 0 Å².